The molecule has 1 heterocycles. The predicted octanol–water partition coefficient (Wildman–Crippen LogP) is 4.87. The summed E-state index contributed by atoms with van der Waals surface area (Å²) in [6, 6.07) is 22.9. The van der Waals surface area contributed by atoms with E-state index in [1.807, 2.05) is 53.3 Å². The van der Waals surface area contributed by atoms with Gasteiger partial charge in [0.1, 0.15) is 11.5 Å². The van der Waals surface area contributed by atoms with Gasteiger partial charge in [0.15, 0.2) is 0 Å². The van der Waals surface area contributed by atoms with E-state index in [0.29, 0.717) is 29.3 Å². The molecular weight excluding hydrogens is 390 g/mol. The average Bonchev–Trinajstić information content (AvgIpc) is 3.32. The summed E-state index contributed by atoms with van der Waals surface area (Å²) in [5, 5.41) is 7.19. The molecule has 0 atom stereocenters. The SMILES string of the molecule is COc1ccc(OC)c(NC(=O)c2ccccc2-c2ccc(Cn3cccn3)cc2)c1. The van der Waals surface area contributed by atoms with E-state index in [0.717, 1.165) is 16.7 Å². The molecule has 6 heteroatoms. The number of anilines is 1. The Hall–Kier alpha value is -4.06. The van der Waals surface area contributed by atoms with Gasteiger partial charge in [-0.3, -0.25) is 9.48 Å². The monoisotopic (exact) mass is 413 g/mol. The number of benzene rings is 3. The van der Waals surface area contributed by atoms with Crippen LogP contribution >= 0.6 is 0 Å². The molecule has 0 saturated carbocycles. The fourth-order valence-corrected chi connectivity index (χ4v) is 3.40. The molecule has 31 heavy (non-hydrogen) atoms. The number of aromatic nitrogens is 2. The summed E-state index contributed by atoms with van der Waals surface area (Å²) in [5.41, 5.74) is 4.08. The molecule has 0 spiro atoms. The minimum Gasteiger partial charge on any atom is -0.497 e. The molecule has 6 nitrogen and oxygen atoms in total. The topological polar surface area (TPSA) is 65.4 Å². The molecule has 3 aromatic carbocycles. The second-order valence-corrected chi connectivity index (χ2v) is 6.97. The van der Waals surface area contributed by atoms with Gasteiger partial charge in [-0.2, -0.15) is 5.10 Å². The number of amides is 1. The average molecular weight is 413 g/mol. The van der Waals surface area contributed by atoms with Crippen LogP contribution in [0.15, 0.2) is 85.2 Å². The zero-order valence-corrected chi connectivity index (χ0v) is 17.4. The van der Waals surface area contributed by atoms with E-state index in [1.165, 1.54) is 0 Å². The van der Waals surface area contributed by atoms with Crippen molar-refractivity contribution in [1.29, 1.82) is 0 Å². The van der Waals surface area contributed by atoms with Gasteiger partial charge in [0.2, 0.25) is 0 Å². The van der Waals surface area contributed by atoms with Crippen LogP contribution in [0.5, 0.6) is 11.5 Å². The maximum atomic E-state index is 13.1. The third-order valence-electron chi connectivity index (χ3n) is 5.00. The lowest BCUT2D eigenvalue weighted by molar-refractivity contribution is 0.102. The summed E-state index contributed by atoms with van der Waals surface area (Å²) in [5.74, 6) is 0.981. The Labute approximate surface area is 181 Å². The Morgan fingerprint density at radius 2 is 1.77 bits per heavy atom. The maximum Gasteiger partial charge on any atom is 0.256 e. The van der Waals surface area contributed by atoms with Crippen molar-refractivity contribution in [1.82, 2.24) is 9.78 Å². The van der Waals surface area contributed by atoms with Crippen LogP contribution < -0.4 is 14.8 Å². The van der Waals surface area contributed by atoms with Crippen LogP contribution in [0.4, 0.5) is 5.69 Å². The van der Waals surface area contributed by atoms with E-state index in [2.05, 4.69) is 22.5 Å². The molecule has 0 aliphatic carbocycles. The van der Waals surface area contributed by atoms with Crippen molar-refractivity contribution in [3.05, 3.63) is 96.3 Å². The second kappa shape index (κ2) is 9.17. The van der Waals surface area contributed by atoms with Gasteiger partial charge in [-0.1, -0.05) is 42.5 Å². The van der Waals surface area contributed by atoms with E-state index >= 15 is 0 Å². The van der Waals surface area contributed by atoms with E-state index in [9.17, 15) is 4.79 Å². The van der Waals surface area contributed by atoms with Crippen molar-refractivity contribution < 1.29 is 14.3 Å². The Balaban J connectivity index is 1.59. The number of nitrogens with zero attached hydrogens (tertiary/aromatic N) is 2. The van der Waals surface area contributed by atoms with Gasteiger partial charge in [0.05, 0.1) is 26.5 Å². The number of rotatable bonds is 7. The van der Waals surface area contributed by atoms with E-state index in [1.54, 1.807) is 38.6 Å². The number of carbonyl (C=O) groups excluding carboxylic acids is 1. The Morgan fingerprint density at radius 1 is 0.968 bits per heavy atom. The Kier molecular flexibility index (Phi) is 5.98. The summed E-state index contributed by atoms with van der Waals surface area (Å²) in [6.07, 6.45) is 3.70. The fourth-order valence-electron chi connectivity index (χ4n) is 3.40. The standard InChI is InChI=1S/C25H23N3O3/c1-30-20-12-13-24(31-2)23(16-20)27-25(29)22-7-4-3-6-21(22)19-10-8-18(9-11-19)17-28-15-5-14-26-28/h3-16H,17H2,1-2H3,(H,27,29). The van der Waals surface area contributed by atoms with Crippen LogP contribution in [-0.2, 0) is 6.54 Å². The highest BCUT2D eigenvalue weighted by molar-refractivity contribution is 6.09. The lowest BCUT2D eigenvalue weighted by atomic mass is 9.98. The van der Waals surface area contributed by atoms with E-state index in [4.69, 9.17) is 9.47 Å². The molecule has 0 bridgehead atoms. The van der Waals surface area contributed by atoms with Gasteiger partial charge in [-0.15, -0.1) is 0 Å². The highest BCUT2D eigenvalue weighted by Gasteiger charge is 2.15. The zero-order chi connectivity index (χ0) is 21.6. The molecule has 1 aromatic heterocycles. The van der Waals surface area contributed by atoms with Crippen molar-refractivity contribution in [3.63, 3.8) is 0 Å². The molecule has 4 aromatic rings. The summed E-state index contributed by atoms with van der Waals surface area (Å²) in [4.78, 5) is 13.1. The molecule has 4 rings (SSSR count). The van der Waals surface area contributed by atoms with Crippen molar-refractivity contribution >= 4 is 11.6 Å². The summed E-state index contributed by atoms with van der Waals surface area (Å²) in [6.45, 7) is 0.699. The van der Waals surface area contributed by atoms with Crippen LogP contribution in [0, 0.1) is 0 Å². The third kappa shape index (κ3) is 4.59. The largest absolute Gasteiger partial charge is 0.497 e. The second-order valence-electron chi connectivity index (χ2n) is 6.97. The number of methoxy groups -OCH3 is 2. The minimum atomic E-state index is -0.220. The van der Waals surface area contributed by atoms with Crippen molar-refractivity contribution in [2.24, 2.45) is 0 Å². The molecule has 0 aliphatic heterocycles. The molecule has 0 unspecified atom stereocenters. The lowest BCUT2D eigenvalue weighted by Gasteiger charge is -2.14. The van der Waals surface area contributed by atoms with Crippen LogP contribution in [0.3, 0.4) is 0 Å². The van der Waals surface area contributed by atoms with Gasteiger partial charge >= 0.3 is 0 Å². The summed E-state index contributed by atoms with van der Waals surface area (Å²) >= 11 is 0. The predicted molar refractivity (Wildman–Crippen MR) is 121 cm³/mol. The molecule has 0 aliphatic rings. The first kappa shape index (κ1) is 20.2. The molecule has 0 fully saturated rings. The van der Waals surface area contributed by atoms with Gasteiger partial charge in [-0.05, 0) is 41.0 Å². The number of carbonyl (C=O) groups is 1. The smallest absolute Gasteiger partial charge is 0.256 e. The minimum absolute atomic E-state index is 0.220. The maximum absolute atomic E-state index is 13.1. The van der Waals surface area contributed by atoms with Crippen LogP contribution in [0.2, 0.25) is 0 Å². The Bertz CT molecular complexity index is 1170. The lowest BCUT2D eigenvalue weighted by Crippen LogP contribution is -2.14. The van der Waals surface area contributed by atoms with E-state index < -0.39 is 0 Å². The first-order valence-electron chi connectivity index (χ1n) is 9.87. The van der Waals surface area contributed by atoms with Crippen molar-refractivity contribution in [3.8, 4) is 22.6 Å². The molecule has 0 saturated heterocycles. The fraction of sp³-hybridized carbons (Fsp3) is 0.120. The van der Waals surface area contributed by atoms with Gasteiger partial charge in [0, 0.05) is 24.0 Å². The highest BCUT2D eigenvalue weighted by atomic mass is 16.5. The molecular formula is C25H23N3O3. The van der Waals surface area contributed by atoms with Gasteiger partial charge < -0.3 is 14.8 Å². The normalized spacial score (nSPS) is 10.5. The Morgan fingerprint density at radius 3 is 2.48 bits per heavy atom. The molecule has 156 valence electrons. The highest BCUT2D eigenvalue weighted by Crippen LogP contribution is 2.31. The number of ether oxygens (including phenoxy) is 2. The molecule has 1 amide bonds. The third-order valence-corrected chi connectivity index (χ3v) is 5.00. The van der Waals surface area contributed by atoms with Crippen LogP contribution in [0.25, 0.3) is 11.1 Å². The first-order valence-corrected chi connectivity index (χ1v) is 9.87. The number of hydrogen-bond acceptors (Lipinski definition) is 4. The van der Waals surface area contributed by atoms with Gasteiger partial charge in [0.25, 0.3) is 5.91 Å². The summed E-state index contributed by atoms with van der Waals surface area (Å²) in [7, 11) is 3.15. The summed E-state index contributed by atoms with van der Waals surface area (Å²) < 4.78 is 12.5. The van der Waals surface area contributed by atoms with Gasteiger partial charge in [-0.25, -0.2) is 0 Å². The van der Waals surface area contributed by atoms with Crippen molar-refractivity contribution in [2.45, 2.75) is 6.54 Å². The molecule has 1 N–H and O–H groups in total. The zero-order valence-electron chi connectivity index (χ0n) is 17.4. The molecule has 0 radical (unpaired) electrons. The van der Waals surface area contributed by atoms with Crippen LogP contribution in [0.1, 0.15) is 15.9 Å². The van der Waals surface area contributed by atoms with Crippen LogP contribution in [-0.4, -0.2) is 29.9 Å². The number of hydrogen-bond donors (Lipinski definition) is 1. The van der Waals surface area contributed by atoms with E-state index in [-0.39, 0.29) is 5.91 Å². The van der Waals surface area contributed by atoms with Crippen molar-refractivity contribution in [2.75, 3.05) is 19.5 Å². The number of nitrogens with one attached hydrogen (secondary N) is 1. The first-order chi connectivity index (χ1) is 15.2. The quantitative estimate of drug-likeness (QED) is 0.470.